The second-order valence-electron chi connectivity index (χ2n) is 17.7. The molecule has 293 valence electrons. The van der Waals surface area contributed by atoms with Gasteiger partial charge in [-0.2, -0.15) is 0 Å². The van der Waals surface area contributed by atoms with E-state index in [4.69, 9.17) is 0 Å². The van der Waals surface area contributed by atoms with Crippen LogP contribution in [0.4, 0.5) is 0 Å². The van der Waals surface area contributed by atoms with Crippen LogP contribution in [0.2, 0.25) is 0 Å². The van der Waals surface area contributed by atoms with Crippen LogP contribution in [0.1, 0.15) is 95.1 Å². The Morgan fingerprint density at radius 1 is 0.500 bits per heavy atom. The maximum atomic E-state index is 9.38. The quantitative estimate of drug-likeness (QED) is 0.113. The summed E-state index contributed by atoms with van der Waals surface area (Å²) >= 11 is -5.82. The molecule has 9 rings (SSSR count). The van der Waals surface area contributed by atoms with Crippen molar-refractivity contribution in [2.75, 3.05) is 0 Å². The summed E-state index contributed by atoms with van der Waals surface area (Å²) in [6, 6.07) is 48.2. The van der Waals surface area contributed by atoms with Crippen LogP contribution in [-0.2, 0) is 29.0 Å². The van der Waals surface area contributed by atoms with Crippen LogP contribution in [0, 0.1) is 11.8 Å². The predicted molar refractivity (Wildman–Crippen MR) is 254 cm³/mol. The van der Waals surface area contributed by atoms with Crippen molar-refractivity contribution < 1.29 is 16.1 Å². The minimum atomic E-state index is -5.82. The molecule has 0 fully saturated rings. The van der Waals surface area contributed by atoms with E-state index in [1.54, 1.807) is 0 Å². The third-order valence-corrected chi connectivity index (χ3v) is 45.1. The molecule has 0 nitrogen and oxygen atoms in total. The Hall–Kier alpha value is -3.53. The Kier molecular flexibility index (Phi) is 10.7. The van der Waals surface area contributed by atoms with Gasteiger partial charge in [0.15, 0.2) is 0 Å². The number of hydrogen-bond donors (Lipinski definition) is 0. The molecule has 1 heterocycles. The standard InChI is InChI=1S/2C21H23.C12H9Si.2ClH.Hf/c2*1-4-8-16-9-5-6-11-19(16)20-12-7-10-17-13-18(15(2)3)14-21(17)20;1-3-7-11-9(5-1)10-6-2-4-8-12(10)13-11;;;/h2*5-7,9-15H,4,8H2,1-3H3;1-7H,13H2;2*1H;/q;;;;;+2/p-2. The van der Waals surface area contributed by atoms with Crippen LogP contribution < -0.4 is 13.7 Å². The van der Waals surface area contributed by atoms with Gasteiger partial charge in [0.05, 0.1) is 0 Å². The second kappa shape index (κ2) is 15.5. The SMILES string of the molecule is CCCc1ccccc1-c1cccc2c1C=C(C(C)C)[CH]2[Hf]([Cl])([Cl])([c]1cccc2c1[SiH2]c1ccccc1-2)[CH]1C(C(C)C)=Cc2c(-c3ccccc3CCC)cccc21. The molecule has 6 aromatic carbocycles. The monoisotopic (exact) mass is 981 g/mol. The zero-order valence-electron chi connectivity index (χ0n) is 34.9. The van der Waals surface area contributed by atoms with E-state index in [9.17, 15) is 17.2 Å². The van der Waals surface area contributed by atoms with Gasteiger partial charge >= 0.3 is 360 Å². The van der Waals surface area contributed by atoms with Gasteiger partial charge in [-0.3, -0.25) is 0 Å². The molecular weight excluding hydrogens is 926 g/mol. The molecular formula is C54H55Cl2HfSi. The average molecular weight is 982 g/mol. The molecule has 0 radical (unpaired) electrons. The van der Waals surface area contributed by atoms with Crippen molar-refractivity contribution in [3.63, 3.8) is 0 Å². The zero-order valence-corrected chi connectivity index (χ0v) is 41.4. The Morgan fingerprint density at radius 2 is 0.931 bits per heavy atom. The van der Waals surface area contributed by atoms with E-state index in [2.05, 4.69) is 181 Å². The number of allylic oxidation sites excluding steroid dienone is 2. The van der Waals surface area contributed by atoms with Crippen molar-refractivity contribution >= 4 is 52.5 Å². The van der Waals surface area contributed by atoms with Gasteiger partial charge in [-0.05, 0) is 0 Å². The molecule has 0 aromatic heterocycles. The van der Waals surface area contributed by atoms with Crippen LogP contribution in [0.5, 0.6) is 0 Å². The maximum absolute atomic E-state index is 9.38. The molecule has 0 saturated carbocycles. The number of halogens is 2. The first-order valence-electron chi connectivity index (χ1n) is 21.7. The van der Waals surface area contributed by atoms with Gasteiger partial charge in [0.1, 0.15) is 0 Å². The van der Waals surface area contributed by atoms with Gasteiger partial charge in [-0.25, -0.2) is 0 Å². The Balaban J connectivity index is 1.37. The molecule has 4 heteroatoms. The van der Waals surface area contributed by atoms with Crippen molar-refractivity contribution in [1.82, 2.24) is 0 Å². The fraction of sp³-hybridized carbons (Fsp3) is 0.259. The number of rotatable bonds is 11. The van der Waals surface area contributed by atoms with Gasteiger partial charge in [0.2, 0.25) is 0 Å². The fourth-order valence-corrected chi connectivity index (χ4v) is 50.6. The second-order valence-corrected chi connectivity index (χ2v) is 48.8. The molecule has 0 amide bonds. The van der Waals surface area contributed by atoms with E-state index in [-0.39, 0.29) is 19.2 Å². The van der Waals surface area contributed by atoms with Gasteiger partial charge < -0.3 is 0 Å². The third kappa shape index (κ3) is 6.22. The number of aryl methyl sites for hydroxylation is 2. The summed E-state index contributed by atoms with van der Waals surface area (Å²) < 4.78 is 1.13. The summed E-state index contributed by atoms with van der Waals surface area (Å²) in [4.78, 5) is 0. The van der Waals surface area contributed by atoms with E-state index >= 15 is 0 Å². The zero-order chi connectivity index (χ0) is 40.4. The van der Waals surface area contributed by atoms with Gasteiger partial charge in [0.25, 0.3) is 0 Å². The van der Waals surface area contributed by atoms with E-state index in [0.717, 1.165) is 25.7 Å². The topological polar surface area (TPSA) is 0 Å². The van der Waals surface area contributed by atoms with Crippen molar-refractivity contribution in [2.24, 2.45) is 11.8 Å². The summed E-state index contributed by atoms with van der Waals surface area (Å²) in [5, 5.41) is 2.98. The number of benzene rings is 6. The van der Waals surface area contributed by atoms with Gasteiger partial charge in [-0.1, -0.05) is 0 Å². The first kappa shape index (κ1) is 39.9. The Bertz CT molecular complexity index is 2510. The van der Waals surface area contributed by atoms with Crippen molar-refractivity contribution in [3.8, 4) is 33.4 Å². The van der Waals surface area contributed by atoms with Crippen molar-refractivity contribution in [2.45, 2.75) is 74.6 Å². The van der Waals surface area contributed by atoms with Gasteiger partial charge in [-0.15, -0.1) is 0 Å². The predicted octanol–water partition coefficient (Wildman–Crippen LogP) is 13.2. The van der Waals surface area contributed by atoms with E-state index in [1.165, 1.54) is 91.6 Å². The molecule has 2 atom stereocenters. The number of fused-ring (bicyclic) bond motifs is 5. The summed E-state index contributed by atoms with van der Waals surface area (Å²) in [7, 11) is 17.9. The van der Waals surface area contributed by atoms with Crippen molar-refractivity contribution in [1.29, 1.82) is 0 Å². The molecule has 0 bridgehead atoms. The van der Waals surface area contributed by atoms with E-state index < -0.39 is 25.7 Å². The van der Waals surface area contributed by atoms with Crippen LogP contribution in [0.3, 0.4) is 0 Å². The fourth-order valence-electron chi connectivity index (χ4n) is 11.1. The van der Waals surface area contributed by atoms with Crippen molar-refractivity contribution in [3.05, 3.63) is 172 Å². The Morgan fingerprint density at radius 3 is 1.43 bits per heavy atom. The number of hydrogen-bond acceptors (Lipinski definition) is 0. The first-order valence-corrected chi connectivity index (χ1v) is 38.0. The van der Waals surface area contributed by atoms with E-state index in [0.29, 0.717) is 0 Å². The summed E-state index contributed by atoms with van der Waals surface area (Å²) in [6.07, 6.45) is 9.37. The molecule has 0 spiro atoms. The molecule has 2 aliphatic carbocycles. The van der Waals surface area contributed by atoms with Crippen LogP contribution in [-0.4, -0.2) is 9.52 Å². The van der Waals surface area contributed by atoms with Crippen LogP contribution in [0.25, 0.3) is 45.5 Å². The van der Waals surface area contributed by atoms with Crippen LogP contribution in [0.15, 0.2) is 139 Å². The average Bonchev–Trinajstić information content (AvgIpc) is 3.95. The Labute approximate surface area is 357 Å². The molecule has 3 aliphatic rings. The molecule has 1 aliphatic heterocycles. The minimum absolute atomic E-state index is 0.0908. The summed E-state index contributed by atoms with van der Waals surface area (Å²) in [5.74, 6) is 0.518. The van der Waals surface area contributed by atoms with Gasteiger partial charge in [0, 0.05) is 0 Å². The molecule has 2 unspecified atom stereocenters. The summed E-state index contributed by atoms with van der Waals surface area (Å²) in [5.41, 5.74) is 18.9. The molecule has 6 aromatic rings. The summed E-state index contributed by atoms with van der Waals surface area (Å²) in [6.45, 7) is 14.0. The van der Waals surface area contributed by atoms with Crippen LogP contribution >= 0.6 is 17.2 Å². The molecule has 58 heavy (non-hydrogen) atoms. The molecule has 0 N–H and O–H groups in total. The van der Waals surface area contributed by atoms with E-state index in [1.807, 2.05) is 0 Å². The third-order valence-electron chi connectivity index (χ3n) is 13.6. The first-order chi connectivity index (χ1) is 28.1. The normalized spacial score (nSPS) is 17.8. The molecule has 0 saturated heterocycles.